The maximum Gasteiger partial charge on any atom is 0.186 e. The molecule has 6 nitrogen and oxygen atoms in total. The van der Waals surface area contributed by atoms with Crippen LogP contribution in [-0.2, 0) is 9.47 Å². The normalized spacial score (nSPS) is 42.2. The first-order chi connectivity index (χ1) is 6.11. The summed E-state index contributed by atoms with van der Waals surface area (Å²) < 4.78 is 9.65. The van der Waals surface area contributed by atoms with Gasteiger partial charge in [-0.3, -0.25) is 0 Å². The minimum absolute atomic E-state index is 0.537. The average Bonchev–Trinajstić information content (AvgIpc) is 2.43. The van der Waals surface area contributed by atoms with Gasteiger partial charge in [-0.25, -0.2) is 0 Å². The minimum atomic E-state index is -1.24. The van der Waals surface area contributed by atoms with Crippen LogP contribution in [0.2, 0.25) is 0 Å². The van der Waals surface area contributed by atoms with Crippen LogP contribution in [0.5, 0.6) is 0 Å². The largest absolute Gasteiger partial charge is 0.394 e. The fraction of sp³-hybridized carbons (Fsp3) is 1.00. The molecule has 0 aliphatic carbocycles. The van der Waals surface area contributed by atoms with E-state index in [1.165, 1.54) is 7.11 Å². The second-order valence-electron chi connectivity index (χ2n) is 2.94. The van der Waals surface area contributed by atoms with Crippen LogP contribution in [0.3, 0.4) is 0 Å². The molecule has 0 aromatic heterocycles. The number of hydrogen-bond acceptors (Lipinski definition) is 6. The molecule has 0 aromatic carbocycles. The van der Waals surface area contributed by atoms with E-state index in [1.807, 2.05) is 0 Å². The predicted octanol–water partition coefficient (Wildman–Crippen LogP) is -2.57. The number of rotatable bonds is 3. The Balaban J connectivity index is 2.60. The lowest BCUT2D eigenvalue weighted by atomic mass is 10.1. The second-order valence-corrected chi connectivity index (χ2v) is 2.94. The van der Waals surface area contributed by atoms with Gasteiger partial charge in [-0.15, -0.1) is 0 Å². The monoisotopic (exact) mass is 194 g/mol. The number of methoxy groups -OCH3 is 1. The molecule has 1 aliphatic heterocycles. The number of aliphatic hydroxyl groups is 4. The molecule has 1 heterocycles. The van der Waals surface area contributed by atoms with Gasteiger partial charge < -0.3 is 29.9 Å². The van der Waals surface area contributed by atoms with Crippen LogP contribution in [0, 0.1) is 0 Å². The predicted molar refractivity (Wildman–Crippen MR) is 40.8 cm³/mol. The zero-order valence-corrected chi connectivity index (χ0v) is 7.20. The van der Waals surface area contributed by atoms with Gasteiger partial charge in [0.05, 0.1) is 6.61 Å². The van der Waals surface area contributed by atoms with Crippen molar-refractivity contribution in [3.63, 3.8) is 0 Å². The molecule has 4 N–H and O–H groups in total. The summed E-state index contributed by atoms with van der Waals surface area (Å²) in [5.41, 5.74) is 0. The Morgan fingerprint density at radius 1 is 1.38 bits per heavy atom. The topological polar surface area (TPSA) is 99.4 Å². The lowest BCUT2D eigenvalue weighted by molar-refractivity contribution is -0.166. The van der Waals surface area contributed by atoms with Gasteiger partial charge in [-0.2, -0.15) is 0 Å². The van der Waals surface area contributed by atoms with E-state index in [0.29, 0.717) is 0 Å². The molecule has 0 bridgehead atoms. The van der Waals surface area contributed by atoms with Gasteiger partial charge in [-0.05, 0) is 0 Å². The lowest BCUT2D eigenvalue weighted by Gasteiger charge is -2.18. The third kappa shape index (κ3) is 1.98. The van der Waals surface area contributed by atoms with Crippen LogP contribution in [0.25, 0.3) is 0 Å². The maximum absolute atomic E-state index is 9.33. The summed E-state index contributed by atoms with van der Waals surface area (Å²) in [7, 11) is 1.31. The Morgan fingerprint density at radius 3 is 2.38 bits per heavy atom. The summed E-state index contributed by atoms with van der Waals surface area (Å²) in [4.78, 5) is 0. The zero-order valence-electron chi connectivity index (χ0n) is 7.20. The molecule has 0 aromatic rings. The quantitative estimate of drug-likeness (QED) is 0.394. The first-order valence-corrected chi connectivity index (χ1v) is 3.95. The fourth-order valence-electron chi connectivity index (χ4n) is 1.29. The molecular formula is C7H14O6. The second kappa shape index (κ2) is 4.32. The molecule has 1 saturated heterocycles. The smallest absolute Gasteiger partial charge is 0.186 e. The molecule has 0 radical (unpaired) electrons. The first-order valence-electron chi connectivity index (χ1n) is 3.95. The highest BCUT2D eigenvalue weighted by Crippen LogP contribution is 2.23. The molecule has 1 fully saturated rings. The molecule has 0 amide bonds. The van der Waals surface area contributed by atoms with E-state index < -0.39 is 37.3 Å². The van der Waals surface area contributed by atoms with Gasteiger partial charge in [0, 0.05) is 7.11 Å². The van der Waals surface area contributed by atoms with Crippen molar-refractivity contribution in [2.24, 2.45) is 0 Å². The van der Waals surface area contributed by atoms with Crippen LogP contribution in [0.15, 0.2) is 0 Å². The van der Waals surface area contributed by atoms with E-state index >= 15 is 0 Å². The van der Waals surface area contributed by atoms with E-state index in [-0.39, 0.29) is 0 Å². The molecule has 1 rings (SSSR count). The van der Waals surface area contributed by atoms with Crippen LogP contribution >= 0.6 is 0 Å². The molecule has 0 unspecified atom stereocenters. The van der Waals surface area contributed by atoms with E-state index in [0.717, 1.165) is 0 Å². The summed E-state index contributed by atoms with van der Waals surface area (Å²) >= 11 is 0. The van der Waals surface area contributed by atoms with Crippen molar-refractivity contribution in [1.29, 1.82) is 0 Å². The molecule has 5 atom stereocenters. The van der Waals surface area contributed by atoms with Crippen molar-refractivity contribution < 1.29 is 29.9 Å². The lowest BCUT2D eigenvalue weighted by Crippen LogP contribution is -2.40. The first kappa shape index (κ1) is 10.8. The molecule has 6 heteroatoms. The molecule has 0 spiro atoms. The van der Waals surface area contributed by atoms with E-state index in [2.05, 4.69) is 0 Å². The third-order valence-corrected chi connectivity index (χ3v) is 2.06. The number of ether oxygens (including phenoxy) is 2. The van der Waals surface area contributed by atoms with Gasteiger partial charge in [0.25, 0.3) is 0 Å². The standard InChI is InChI=1S/C7H14O6/c1-12-7-5(11)4(10)6(13-7)3(9)2-8/h3-11H,2H2,1H3/t3-,4+,5-,6-,7-/m1/s1. The maximum atomic E-state index is 9.33. The van der Waals surface area contributed by atoms with Gasteiger partial charge in [0.15, 0.2) is 6.29 Å². The third-order valence-electron chi connectivity index (χ3n) is 2.06. The summed E-state index contributed by atoms with van der Waals surface area (Å²) in [6, 6.07) is 0. The highest BCUT2D eigenvalue weighted by Gasteiger charge is 2.45. The van der Waals surface area contributed by atoms with Gasteiger partial charge in [0.1, 0.15) is 24.4 Å². The summed E-state index contributed by atoms with van der Waals surface area (Å²) in [5.74, 6) is 0. The van der Waals surface area contributed by atoms with E-state index in [1.54, 1.807) is 0 Å². The molecule has 13 heavy (non-hydrogen) atoms. The van der Waals surface area contributed by atoms with Crippen molar-refractivity contribution in [3.05, 3.63) is 0 Å². The van der Waals surface area contributed by atoms with Crippen LogP contribution in [0.1, 0.15) is 0 Å². The highest BCUT2D eigenvalue weighted by atomic mass is 16.7. The summed E-state index contributed by atoms with van der Waals surface area (Å²) in [5, 5.41) is 36.4. The van der Waals surface area contributed by atoms with Crippen molar-refractivity contribution in [1.82, 2.24) is 0 Å². The van der Waals surface area contributed by atoms with Crippen LogP contribution in [0.4, 0.5) is 0 Å². The Labute approximate surface area is 75.3 Å². The zero-order chi connectivity index (χ0) is 10.0. The Morgan fingerprint density at radius 2 is 2.00 bits per heavy atom. The van der Waals surface area contributed by atoms with Gasteiger partial charge in [0.2, 0.25) is 0 Å². The van der Waals surface area contributed by atoms with Gasteiger partial charge >= 0.3 is 0 Å². The fourth-order valence-corrected chi connectivity index (χ4v) is 1.29. The Bertz CT molecular complexity index is 163. The van der Waals surface area contributed by atoms with Crippen LogP contribution < -0.4 is 0 Å². The van der Waals surface area contributed by atoms with Crippen LogP contribution in [-0.4, -0.2) is 64.8 Å². The molecular weight excluding hydrogens is 180 g/mol. The number of hydrogen-bond donors (Lipinski definition) is 4. The van der Waals surface area contributed by atoms with Crippen molar-refractivity contribution in [3.8, 4) is 0 Å². The molecule has 0 saturated carbocycles. The number of aliphatic hydroxyl groups excluding tert-OH is 4. The average molecular weight is 194 g/mol. The highest BCUT2D eigenvalue weighted by molar-refractivity contribution is 4.90. The van der Waals surface area contributed by atoms with Gasteiger partial charge in [-0.1, -0.05) is 0 Å². The summed E-state index contributed by atoms with van der Waals surface area (Å²) in [6.45, 7) is -0.537. The molecule has 78 valence electrons. The van der Waals surface area contributed by atoms with Crippen molar-refractivity contribution in [2.75, 3.05) is 13.7 Å². The Hall–Kier alpha value is -0.240. The van der Waals surface area contributed by atoms with E-state index in [4.69, 9.17) is 19.7 Å². The minimum Gasteiger partial charge on any atom is -0.394 e. The SMILES string of the molecule is CO[C@@H]1O[C@H]([C@H](O)CO)[C@@H](O)[C@H]1O. The van der Waals surface area contributed by atoms with Crippen molar-refractivity contribution in [2.45, 2.75) is 30.7 Å². The summed E-state index contributed by atoms with van der Waals surface area (Å²) in [6.07, 6.45) is -5.63. The molecule has 1 aliphatic rings. The Kier molecular flexibility index (Phi) is 3.60. The van der Waals surface area contributed by atoms with Crippen molar-refractivity contribution >= 4 is 0 Å². The van der Waals surface area contributed by atoms with E-state index in [9.17, 15) is 10.2 Å².